The lowest BCUT2D eigenvalue weighted by molar-refractivity contribution is -0.311. The third-order valence-corrected chi connectivity index (χ3v) is 20.1. The normalized spacial score (nSPS) is 22.3. The molecule has 12 atom stereocenters. The number of benzene rings is 5. The minimum atomic E-state index is -2.28. The van der Waals surface area contributed by atoms with Crippen molar-refractivity contribution in [3.63, 3.8) is 0 Å². The lowest BCUT2D eigenvalue weighted by atomic mass is 9.88. The molecule has 0 radical (unpaired) electrons. The maximum atomic E-state index is 13.4. The van der Waals surface area contributed by atoms with Crippen molar-refractivity contribution >= 4 is 71.3 Å². The summed E-state index contributed by atoms with van der Waals surface area (Å²) in [5.41, 5.74) is 8.75. The molecule has 6 amide bonds. The molecule has 28 nitrogen and oxygen atoms in total. The fraction of sp³-hybridized carbons (Fsp3) is 0.472. The summed E-state index contributed by atoms with van der Waals surface area (Å²) in [5.74, 6) is -7.16. The van der Waals surface area contributed by atoms with Gasteiger partial charge in [0.15, 0.2) is 0 Å². The Hall–Kier alpha value is -8.24. The van der Waals surface area contributed by atoms with Crippen molar-refractivity contribution < 1.29 is 107 Å². The number of carbonyl (C=O) groups is 8. The number of ether oxygens (including phenoxy) is 8. The van der Waals surface area contributed by atoms with E-state index < -0.39 is 134 Å². The monoisotopic (exact) mass is 1450 g/mol. The molecule has 4 aliphatic rings. The Kier molecular flexibility index (Phi) is 28.1. The topological polar surface area (TPSA) is 404 Å². The Labute approximate surface area is 597 Å². The van der Waals surface area contributed by atoms with Gasteiger partial charge in [0, 0.05) is 87.3 Å². The molecule has 12 N–H and O–H groups in total. The third-order valence-electron chi connectivity index (χ3n) is 17.9. The van der Waals surface area contributed by atoms with Gasteiger partial charge in [-0.05, 0) is 93.1 Å². The molecule has 5 aromatic rings. The Bertz CT molecular complexity index is 3400. The van der Waals surface area contributed by atoms with Gasteiger partial charge in [-0.25, -0.2) is 19.2 Å². The van der Waals surface area contributed by atoms with Crippen LogP contribution < -0.4 is 31.9 Å². The molecule has 2 heterocycles. The molecular formula is C72H88N6O22S2. The quantitative estimate of drug-likeness (QED) is 0.0160. The Balaban J connectivity index is 0.651. The van der Waals surface area contributed by atoms with Crippen LogP contribution in [0.3, 0.4) is 0 Å². The largest absolute Gasteiger partial charge is 0.465 e. The van der Waals surface area contributed by atoms with Crippen molar-refractivity contribution in [2.75, 3.05) is 89.8 Å². The number of hydrogen-bond acceptors (Lipinski definition) is 24. The zero-order valence-electron chi connectivity index (χ0n) is 56.8. The van der Waals surface area contributed by atoms with Crippen molar-refractivity contribution in [3.8, 4) is 22.3 Å². The summed E-state index contributed by atoms with van der Waals surface area (Å²) >= 11 is 2.92. The van der Waals surface area contributed by atoms with Crippen LogP contribution in [0.15, 0.2) is 121 Å². The van der Waals surface area contributed by atoms with Crippen LogP contribution in [-0.4, -0.2) is 241 Å². The van der Waals surface area contributed by atoms with E-state index in [1.54, 1.807) is 0 Å². The van der Waals surface area contributed by atoms with Crippen LogP contribution in [0.5, 0.6) is 0 Å². The van der Waals surface area contributed by atoms with Crippen molar-refractivity contribution in [1.29, 1.82) is 0 Å². The highest BCUT2D eigenvalue weighted by Gasteiger charge is 2.58. The second kappa shape index (κ2) is 36.8. The lowest BCUT2D eigenvalue weighted by Crippen LogP contribution is -2.68. The Morgan fingerprint density at radius 3 is 1.15 bits per heavy atom. The predicted octanol–water partition coefficient (Wildman–Crippen LogP) is 2.99. The summed E-state index contributed by atoms with van der Waals surface area (Å²) in [7, 11) is 2.16. The maximum Gasteiger partial charge on any atom is 0.407 e. The average Bonchev–Trinajstić information content (AvgIpc) is 1.13. The number of amides is 6. The summed E-state index contributed by atoms with van der Waals surface area (Å²) in [6, 6.07) is 34.6. The number of aliphatic hydroxyl groups excluding tert-OH is 6. The second-order valence-corrected chi connectivity index (χ2v) is 27.3. The summed E-state index contributed by atoms with van der Waals surface area (Å²) in [5, 5.41) is 83.6. The summed E-state index contributed by atoms with van der Waals surface area (Å²) in [6.45, 7) is 1.57. The molecule has 2 aliphatic carbocycles. The van der Waals surface area contributed by atoms with Crippen LogP contribution in [0, 0.1) is 0 Å². The molecule has 0 aromatic heterocycles. The Morgan fingerprint density at radius 1 is 0.490 bits per heavy atom. The molecule has 0 bridgehead atoms. The summed E-state index contributed by atoms with van der Waals surface area (Å²) in [4.78, 5) is 103. The number of thioether (sulfide) groups is 2. The Morgan fingerprint density at radius 2 is 0.824 bits per heavy atom. The number of hydrogen-bond donors (Lipinski definition) is 12. The third kappa shape index (κ3) is 19.3. The minimum absolute atomic E-state index is 0.0109. The fourth-order valence-corrected chi connectivity index (χ4v) is 14.5. The van der Waals surface area contributed by atoms with Crippen molar-refractivity contribution in [2.45, 2.75) is 124 Å². The first kappa shape index (κ1) is 77.9. The summed E-state index contributed by atoms with van der Waals surface area (Å²) < 4.78 is 45.3. The smallest absolute Gasteiger partial charge is 0.407 e. The minimum Gasteiger partial charge on any atom is -0.465 e. The van der Waals surface area contributed by atoms with Crippen LogP contribution in [-0.2, 0) is 57.1 Å². The SMILES string of the molecule is COC(=O)[C@@]1(OCCCSCCNC(=O)c2ccc(C(=O)NCCSCCCO[C@]3(C(=O)OC)C[C@H](O)[C@@H](NC(C)=O)C([C@H](O)[C@H](O)CNC(=O)OCC4c5ccccc5-c5ccccc54)O3)cc2)C[C@@H](O)[C@@H](NC(C)=O)C([C@H](O)[C@H](O)CNC(=O)OCC2c3ccccc3-c3ccccc32)O1. The van der Waals surface area contributed by atoms with Gasteiger partial charge in [0.2, 0.25) is 11.8 Å². The second-order valence-electron chi connectivity index (χ2n) is 24.9. The molecular weight excluding hydrogens is 1360 g/mol. The number of alkyl carbamates (subject to hydrolysis) is 2. The number of rotatable bonds is 34. The highest BCUT2D eigenvalue weighted by molar-refractivity contribution is 7.99. The van der Waals surface area contributed by atoms with Gasteiger partial charge in [0.05, 0.1) is 63.9 Å². The number of fused-ring (bicyclic) bond motifs is 6. The van der Waals surface area contributed by atoms with Crippen molar-refractivity contribution in [2.24, 2.45) is 0 Å². The van der Waals surface area contributed by atoms with E-state index in [0.29, 0.717) is 47.0 Å². The standard InChI is InChI=1S/C72H88N6O22S2/c1-41(79)77-59-55(81)35-71(67(89)93-3,99-63(59)61(85)57(83)37-75-69(91)95-39-53-49-19-9-5-15-45(49)46-16-6-10-20-50(46)53)97-29-13-31-101-33-27-73-65(87)43-23-25-44(26-24-43)66(88)74-28-34-102-32-14-30-98-72(68(90)94-4)36-56(82)60(78-42(2)80)64(100-72)62(86)58(84)38-76-70(92)96-40-54-51-21-11-7-17-47(51)48-18-8-12-22-52(48)54/h5-12,15-26,53-64,81-86H,13-14,27-40H2,1-4H3,(H,73,87)(H,74,88)(H,75,91)(H,76,92)(H,77,79)(H,78,80)/t55-,56+,57-,58-,59-,60-,61-,62-,63?,64?,71-,72-/m1/s1. The number of carbonyl (C=O) groups excluding carboxylic acids is 8. The number of nitrogens with one attached hydrogen (secondary N) is 6. The van der Waals surface area contributed by atoms with Gasteiger partial charge in [-0.2, -0.15) is 23.5 Å². The number of methoxy groups -OCH3 is 2. The van der Waals surface area contributed by atoms with E-state index in [-0.39, 0.29) is 63.2 Å². The van der Waals surface area contributed by atoms with Gasteiger partial charge >= 0.3 is 24.1 Å². The first-order valence-corrected chi connectivity index (χ1v) is 35.8. The van der Waals surface area contributed by atoms with E-state index in [1.165, 1.54) is 61.6 Å². The van der Waals surface area contributed by atoms with Gasteiger partial charge in [-0.3, -0.25) is 19.2 Å². The van der Waals surface area contributed by atoms with Crippen LogP contribution in [0.4, 0.5) is 9.59 Å². The first-order chi connectivity index (χ1) is 49.1. The molecule has 0 saturated carbocycles. The molecule has 550 valence electrons. The molecule has 9 rings (SSSR count). The van der Waals surface area contributed by atoms with Gasteiger partial charge in [0.1, 0.15) is 37.6 Å². The van der Waals surface area contributed by atoms with Crippen LogP contribution in [0.1, 0.15) is 94.3 Å². The highest BCUT2D eigenvalue weighted by Crippen LogP contribution is 2.46. The zero-order chi connectivity index (χ0) is 73.1. The molecule has 30 heteroatoms. The zero-order valence-corrected chi connectivity index (χ0v) is 58.5. The lowest BCUT2D eigenvalue weighted by Gasteiger charge is -2.47. The first-order valence-electron chi connectivity index (χ1n) is 33.5. The van der Waals surface area contributed by atoms with E-state index in [1.807, 2.05) is 97.1 Å². The van der Waals surface area contributed by atoms with E-state index in [4.69, 9.17) is 37.9 Å². The molecule has 102 heavy (non-hydrogen) atoms. The average molecular weight is 1450 g/mol. The molecule has 5 aromatic carbocycles. The van der Waals surface area contributed by atoms with E-state index in [2.05, 4.69) is 31.9 Å². The summed E-state index contributed by atoms with van der Waals surface area (Å²) in [6.07, 6.45) is -15.8. The fourth-order valence-electron chi connectivity index (χ4n) is 13.0. The molecule has 2 fully saturated rings. The maximum absolute atomic E-state index is 13.4. The molecule has 2 aliphatic heterocycles. The van der Waals surface area contributed by atoms with Gasteiger partial charge in [-0.15, -0.1) is 0 Å². The van der Waals surface area contributed by atoms with Crippen LogP contribution >= 0.6 is 23.5 Å². The van der Waals surface area contributed by atoms with E-state index in [9.17, 15) is 69.0 Å². The van der Waals surface area contributed by atoms with E-state index in [0.717, 1.165) is 58.7 Å². The predicted molar refractivity (Wildman–Crippen MR) is 373 cm³/mol. The molecule has 0 spiro atoms. The van der Waals surface area contributed by atoms with Crippen molar-refractivity contribution in [1.82, 2.24) is 31.9 Å². The van der Waals surface area contributed by atoms with E-state index >= 15 is 0 Å². The molecule has 2 unspecified atom stereocenters. The van der Waals surface area contributed by atoms with Crippen molar-refractivity contribution in [3.05, 3.63) is 155 Å². The van der Waals surface area contributed by atoms with Crippen LogP contribution in [0.25, 0.3) is 22.3 Å². The number of esters is 2. The van der Waals surface area contributed by atoms with Gasteiger partial charge < -0.3 is 100 Å². The van der Waals surface area contributed by atoms with Crippen LogP contribution in [0.2, 0.25) is 0 Å². The van der Waals surface area contributed by atoms with Gasteiger partial charge in [0.25, 0.3) is 23.4 Å². The van der Waals surface area contributed by atoms with Gasteiger partial charge in [-0.1, -0.05) is 97.1 Å². The number of aliphatic hydroxyl groups is 6. The molecule has 2 saturated heterocycles. The highest BCUT2D eigenvalue weighted by atomic mass is 32.2.